The number of nitrogens with two attached hydrogens (primary N) is 1. The Labute approximate surface area is 121 Å². The second-order valence-corrected chi connectivity index (χ2v) is 6.26. The molecule has 0 saturated heterocycles. The predicted octanol–water partition coefficient (Wildman–Crippen LogP) is 3.38. The zero-order chi connectivity index (χ0) is 14.0. The first-order valence-corrected chi connectivity index (χ1v) is 7.46. The molecular weight excluding hydrogens is 307 g/mol. The van der Waals surface area contributed by atoms with Crippen molar-refractivity contribution in [3.63, 3.8) is 0 Å². The lowest BCUT2D eigenvalue weighted by molar-refractivity contribution is 0.601. The van der Waals surface area contributed by atoms with Crippen LogP contribution in [-0.2, 0) is 10.0 Å². The normalized spacial score (nSPS) is 11.3. The van der Waals surface area contributed by atoms with Crippen LogP contribution in [0.5, 0.6) is 0 Å². The van der Waals surface area contributed by atoms with Crippen molar-refractivity contribution >= 4 is 44.6 Å². The second kappa shape index (κ2) is 5.28. The summed E-state index contributed by atoms with van der Waals surface area (Å²) in [7, 11) is -3.83. The third kappa shape index (κ3) is 3.12. The van der Waals surface area contributed by atoms with Crippen molar-refractivity contribution in [3.05, 3.63) is 52.5 Å². The number of benzene rings is 2. The summed E-state index contributed by atoms with van der Waals surface area (Å²) in [4.78, 5) is -0.0834. The van der Waals surface area contributed by atoms with Crippen LogP contribution in [0.4, 0.5) is 11.4 Å². The fourth-order valence-electron chi connectivity index (χ4n) is 1.48. The largest absolute Gasteiger partial charge is 0.398 e. The second-order valence-electron chi connectivity index (χ2n) is 3.77. The molecule has 0 aliphatic heterocycles. The van der Waals surface area contributed by atoms with E-state index in [0.29, 0.717) is 5.02 Å². The van der Waals surface area contributed by atoms with Crippen LogP contribution in [0.2, 0.25) is 10.0 Å². The van der Waals surface area contributed by atoms with Gasteiger partial charge in [-0.15, -0.1) is 0 Å². The number of sulfonamides is 1. The van der Waals surface area contributed by atoms with E-state index < -0.39 is 10.0 Å². The lowest BCUT2D eigenvalue weighted by atomic mass is 10.3. The van der Waals surface area contributed by atoms with Gasteiger partial charge < -0.3 is 5.73 Å². The molecule has 100 valence electrons. The van der Waals surface area contributed by atoms with E-state index in [1.165, 1.54) is 18.2 Å². The summed E-state index contributed by atoms with van der Waals surface area (Å²) < 4.78 is 26.8. The Morgan fingerprint density at radius 1 is 1.05 bits per heavy atom. The van der Waals surface area contributed by atoms with E-state index in [2.05, 4.69) is 4.72 Å². The van der Waals surface area contributed by atoms with Gasteiger partial charge in [-0.05, 0) is 30.3 Å². The quantitative estimate of drug-likeness (QED) is 0.853. The Bertz CT molecular complexity index is 717. The summed E-state index contributed by atoms with van der Waals surface area (Å²) in [6.45, 7) is 0. The summed E-state index contributed by atoms with van der Waals surface area (Å²) in [5, 5.41) is 0.584. The molecule has 2 aromatic rings. The highest BCUT2D eigenvalue weighted by atomic mass is 35.5. The topological polar surface area (TPSA) is 72.2 Å². The molecule has 3 N–H and O–H groups in total. The number of hydrogen-bond acceptors (Lipinski definition) is 3. The number of nitrogens with one attached hydrogen (secondary N) is 1. The lowest BCUT2D eigenvalue weighted by Gasteiger charge is -2.11. The maximum absolute atomic E-state index is 12.2. The van der Waals surface area contributed by atoms with Gasteiger partial charge in [-0.1, -0.05) is 35.3 Å². The molecule has 0 heterocycles. The van der Waals surface area contributed by atoms with Gasteiger partial charge in [0, 0.05) is 5.02 Å². The minimum atomic E-state index is -3.83. The molecule has 0 saturated carbocycles. The Balaban J connectivity index is 2.44. The maximum atomic E-state index is 12.2. The first kappa shape index (κ1) is 14.0. The molecule has 2 rings (SSSR count). The van der Waals surface area contributed by atoms with Gasteiger partial charge in [-0.25, -0.2) is 8.42 Å². The maximum Gasteiger partial charge on any atom is 0.264 e. The highest BCUT2D eigenvalue weighted by Crippen LogP contribution is 2.27. The van der Waals surface area contributed by atoms with Crippen LogP contribution in [0, 0.1) is 0 Å². The van der Waals surface area contributed by atoms with Gasteiger partial charge >= 0.3 is 0 Å². The Hall–Kier alpha value is -1.43. The van der Waals surface area contributed by atoms with Crippen LogP contribution >= 0.6 is 23.2 Å². The third-order valence-electron chi connectivity index (χ3n) is 2.38. The smallest absolute Gasteiger partial charge is 0.264 e. The molecule has 0 radical (unpaired) electrons. The number of anilines is 2. The monoisotopic (exact) mass is 316 g/mol. The molecule has 0 bridgehead atoms. The van der Waals surface area contributed by atoms with Crippen molar-refractivity contribution in [2.75, 3.05) is 10.5 Å². The Kier molecular flexibility index (Phi) is 3.89. The summed E-state index contributed by atoms with van der Waals surface area (Å²) in [6, 6.07) is 10.8. The molecule has 19 heavy (non-hydrogen) atoms. The molecule has 4 nitrogen and oxygen atoms in total. The number of halogens is 2. The van der Waals surface area contributed by atoms with Gasteiger partial charge in [0.15, 0.2) is 0 Å². The van der Waals surface area contributed by atoms with E-state index in [9.17, 15) is 8.42 Å². The Morgan fingerprint density at radius 3 is 2.42 bits per heavy atom. The molecule has 2 aromatic carbocycles. The summed E-state index contributed by atoms with van der Waals surface area (Å²) in [5.41, 5.74) is 6.05. The minimum absolute atomic E-state index is 0.0834. The van der Waals surface area contributed by atoms with E-state index in [0.717, 1.165) is 0 Å². The lowest BCUT2D eigenvalue weighted by Crippen LogP contribution is -2.15. The van der Waals surface area contributed by atoms with E-state index in [1.807, 2.05) is 0 Å². The molecule has 7 heteroatoms. The zero-order valence-electron chi connectivity index (χ0n) is 9.60. The predicted molar refractivity (Wildman–Crippen MR) is 78.1 cm³/mol. The van der Waals surface area contributed by atoms with Crippen molar-refractivity contribution in [2.24, 2.45) is 0 Å². The van der Waals surface area contributed by atoms with Gasteiger partial charge in [0.05, 0.1) is 16.4 Å². The highest BCUT2D eigenvalue weighted by molar-refractivity contribution is 7.92. The van der Waals surface area contributed by atoms with Gasteiger partial charge in [0.2, 0.25) is 0 Å². The van der Waals surface area contributed by atoms with Crippen LogP contribution in [0.1, 0.15) is 0 Å². The number of rotatable bonds is 3. The molecule has 0 aliphatic rings. The van der Waals surface area contributed by atoms with E-state index >= 15 is 0 Å². The van der Waals surface area contributed by atoms with Gasteiger partial charge in [-0.2, -0.15) is 0 Å². The van der Waals surface area contributed by atoms with Crippen molar-refractivity contribution in [2.45, 2.75) is 4.90 Å². The fourth-order valence-corrected chi connectivity index (χ4v) is 3.20. The number of nitrogen functional groups attached to an aromatic ring is 1. The number of para-hydroxylation sites is 1. The van der Waals surface area contributed by atoms with Crippen molar-refractivity contribution < 1.29 is 8.42 Å². The summed E-state index contributed by atoms with van der Waals surface area (Å²) in [6.07, 6.45) is 0. The SMILES string of the molecule is Nc1ccc(Cl)cc1S(=O)(=O)Nc1ccccc1Cl. The summed E-state index contributed by atoms with van der Waals surface area (Å²) in [5.74, 6) is 0. The van der Waals surface area contributed by atoms with Crippen molar-refractivity contribution in [1.29, 1.82) is 0 Å². The van der Waals surface area contributed by atoms with Crippen molar-refractivity contribution in [3.8, 4) is 0 Å². The zero-order valence-corrected chi connectivity index (χ0v) is 11.9. The highest BCUT2D eigenvalue weighted by Gasteiger charge is 2.19. The molecule has 0 amide bonds. The Morgan fingerprint density at radius 2 is 1.74 bits per heavy atom. The first-order chi connectivity index (χ1) is 8.90. The number of hydrogen-bond donors (Lipinski definition) is 2. The van der Waals surface area contributed by atoms with E-state index in [-0.39, 0.29) is 21.3 Å². The van der Waals surface area contributed by atoms with E-state index in [1.54, 1.807) is 24.3 Å². The standard InChI is InChI=1S/C12H10Cl2N2O2S/c13-8-5-6-10(15)12(7-8)19(17,18)16-11-4-2-1-3-9(11)14/h1-7,16H,15H2. The average Bonchev–Trinajstić information content (AvgIpc) is 2.35. The molecule has 0 aromatic heterocycles. The average molecular weight is 317 g/mol. The first-order valence-electron chi connectivity index (χ1n) is 5.22. The van der Waals surface area contributed by atoms with Gasteiger partial charge in [0.1, 0.15) is 4.90 Å². The third-order valence-corrected chi connectivity index (χ3v) is 4.37. The van der Waals surface area contributed by atoms with Crippen LogP contribution in [0.25, 0.3) is 0 Å². The molecule has 0 fully saturated rings. The molecule has 0 spiro atoms. The van der Waals surface area contributed by atoms with Crippen LogP contribution in [0.15, 0.2) is 47.4 Å². The van der Waals surface area contributed by atoms with Crippen LogP contribution in [0.3, 0.4) is 0 Å². The van der Waals surface area contributed by atoms with Crippen LogP contribution < -0.4 is 10.5 Å². The minimum Gasteiger partial charge on any atom is -0.398 e. The fraction of sp³-hybridized carbons (Fsp3) is 0. The van der Waals surface area contributed by atoms with Gasteiger partial charge in [0.25, 0.3) is 10.0 Å². The molecule has 0 unspecified atom stereocenters. The van der Waals surface area contributed by atoms with E-state index in [4.69, 9.17) is 28.9 Å². The van der Waals surface area contributed by atoms with Crippen LogP contribution in [-0.4, -0.2) is 8.42 Å². The van der Waals surface area contributed by atoms with Gasteiger partial charge in [-0.3, -0.25) is 4.72 Å². The molecular formula is C12H10Cl2N2O2S. The molecule has 0 aliphatic carbocycles. The molecule has 0 atom stereocenters. The van der Waals surface area contributed by atoms with Crippen molar-refractivity contribution in [1.82, 2.24) is 0 Å². The summed E-state index contributed by atoms with van der Waals surface area (Å²) >= 11 is 11.7.